The third-order valence-corrected chi connectivity index (χ3v) is 1.71. The van der Waals surface area contributed by atoms with E-state index in [9.17, 15) is 4.39 Å². The average Bonchev–Trinajstić information content (AvgIpc) is 2.10. The molecule has 0 radical (unpaired) electrons. The molecule has 72 valence electrons. The Balaban J connectivity index is 3.06. The number of nitrogens with two attached hydrogens (primary N) is 2. The summed E-state index contributed by atoms with van der Waals surface area (Å²) in [7, 11) is 0. The molecule has 4 N–H and O–H groups in total. The lowest BCUT2D eigenvalue weighted by atomic mass is 10.1. The van der Waals surface area contributed by atoms with Crippen molar-refractivity contribution in [1.82, 2.24) is 0 Å². The summed E-state index contributed by atoms with van der Waals surface area (Å²) >= 11 is 0. The lowest BCUT2D eigenvalue weighted by Crippen LogP contribution is -2.04. The van der Waals surface area contributed by atoms with Crippen molar-refractivity contribution in [2.24, 2.45) is 5.73 Å². The van der Waals surface area contributed by atoms with Crippen molar-refractivity contribution in [2.45, 2.75) is 13.5 Å². The topological polar surface area (TPSA) is 61.3 Å². The fraction of sp³-hybridized carbons (Fsp3) is 0.333. The number of benzene rings is 1. The van der Waals surface area contributed by atoms with Crippen molar-refractivity contribution in [2.75, 3.05) is 12.3 Å². The van der Waals surface area contributed by atoms with Gasteiger partial charge in [-0.25, -0.2) is 4.39 Å². The summed E-state index contributed by atoms with van der Waals surface area (Å²) in [5.41, 5.74) is 12.0. The van der Waals surface area contributed by atoms with E-state index in [-0.39, 0.29) is 12.3 Å². The van der Waals surface area contributed by atoms with Gasteiger partial charge in [-0.15, -0.1) is 0 Å². The summed E-state index contributed by atoms with van der Waals surface area (Å²) in [5.74, 6) is -0.242. The molecule has 1 rings (SSSR count). The largest absolute Gasteiger partial charge is 0.491 e. The van der Waals surface area contributed by atoms with Gasteiger partial charge in [0, 0.05) is 18.3 Å². The van der Waals surface area contributed by atoms with Gasteiger partial charge in [0.05, 0.1) is 6.61 Å². The van der Waals surface area contributed by atoms with Crippen LogP contribution in [0.25, 0.3) is 0 Å². The normalized spacial score (nSPS) is 10.1. The minimum atomic E-state index is -0.448. The van der Waals surface area contributed by atoms with Crippen LogP contribution >= 0.6 is 0 Å². The average molecular weight is 184 g/mol. The van der Waals surface area contributed by atoms with E-state index in [1.54, 1.807) is 6.92 Å². The summed E-state index contributed by atoms with van der Waals surface area (Å²) in [6, 6.07) is 2.77. The highest BCUT2D eigenvalue weighted by Crippen LogP contribution is 2.23. The highest BCUT2D eigenvalue weighted by Gasteiger charge is 2.07. The Morgan fingerprint density at radius 1 is 1.46 bits per heavy atom. The molecule has 0 spiro atoms. The summed E-state index contributed by atoms with van der Waals surface area (Å²) < 4.78 is 18.2. The minimum Gasteiger partial charge on any atom is -0.491 e. The van der Waals surface area contributed by atoms with Crippen LogP contribution in [0, 0.1) is 5.82 Å². The van der Waals surface area contributed by atoms with Gasteiger partial charge in [-0.1, -0.05) is 0 Å². The molecule has 0 atom stereocenters. The molecule has 0 bridgehead atoms. The Morgan fingerprint density at radius 3 is 2.69 bits per heavy atom. The third-order valence-electron chi connectivity index (χ3n) is 1.71. The molecule has 0 amide bonds. The Labute approximate surface area is 76.5 Å². The number of anilines is 1. The zero-order chi connectivity index (χ0) is 9.84. The first-order valence-electron chi connectivity index (χ1n) is 4.09. The van der Waals surface area contributed by atoms with Crippen molar-refractivity contribution < 1.29 is 9.13 Å². The van der Waals surface area contributed by atoms with Gasteiger partial charge in [-0.2, -0.15) is 0 Å². The van der Waals surface area contributed by atoms with Crippen molar-refractivity contribution in [3.8, 4) is 5.75 Å². The second-order valence-electron chi connectivity index (χ2n) is 2.62. The van der Waals surface area contributed by atoms with E-state index in [1.807, 2.05) is 0 Å². The molecule has 1 aromatic rings. The van der Waals surface area contributed by atoms with Crippen LogP contribution in [0.15, 0.2) is 12.1 Å². The fourth-order valence-corrected chi connectivity index (χ4v) is 1.05. The van der Waals surface area contributed by atoms with Gasteiger partial charge < -0.3 is 16.2 Å². The van der Waals surface area contributed by atoms with Crippen molar-refractivity contribution >= 4 is 5.69 Å². The van der Waals surface area contributed by atoms with Gasteiger partial charge in [-0.3, -0.25) is 0 Å². The van der Waals surface area contributed by atoms with E-state index in [0.717, 1.165) is 0 Å². The maximum Gasteiger partial charge on any atom is 0.167 e. The molecule has 0 unspecified atom stereocenters. The predicted molar refractivity (Wildman–Crippen MR) is 49.9 cm³/mol. The van der Waals surface area contributed by atoms with E-state index >= 15 is 0 Å². The molecule has 0 aliphatic heterocycles. The molecule has 1 aromatic carbocycles. The molecule has 0 aliphatic rings. The Kier molecular flexibility index (Phi) is 3.08. The fourth-order valence-electron chi connectivity index (χ4n) is 1.05. The molecule has 0 heterocycles. The number of nitrogen functional groups attached to an aromatic ring is 1. The van der Waals surface area contributed by atoms with E-state index in [4.69, 9.17) is 16.2 Å². The van der Waals surface area contributed by atoms with E-state index in [0.29, 0.717) is 17.9 Å². The number of halogens is 1. The standard InChI is InChI=1S/C9H13FN2O/c1-2-13-9-3-6(5-11)8(12)4-7(9)10/h3-4H,2,5,11-12H2,1H3. The first-order chi connectivity index (χ1) is 6.19. The van der Waals surface area contributed by atoms with Crippen LogP contribution in [-0.4, -0.2) is 6.61 Å². The molecule has 0 saturated heterocycles. The SMILES string of the molecule is CCOc1cc(CN)c(N)cc1F. The molecule has 13 heavy (non-hydrogen) atoms. The van der Waals surface area contributed by atoms with E-state index in [2.05, 4.69) is 0 Å². The van der Waals surface area contributed by atoms with Crippen LogP contribution in [0.3, 0.4) is 0 Å². The maximum atomic E-state index is 13.1. The third kappa shape index (κ3) is 2.09. The Morgan fingerprint density at radius 2 is 2.15 bits per heavy atom. The van der Waals surface area contributed by atoms with Crippen LogP contribution in [0.4, 0.5) is 10.1 Å². The smallest absolute Gasteiger partial charge is 0.167 e. The van der Waals surface area contributed by atoms with Gasteiger partial charge in [0.15, 0.2) is 11.6 Å². The zero-order valence-corrected chi connectivity index (χ0v) is 7.51. The molecule has 0 aromatic heterocycles. The summed E-state index contributed by atoms with van der Waals surface area (Å²) in [6.45, 7) is 2.49. The number of ether oxygens (including phenoxy) is 1. The maximum absolute atomic E-state index is 13.1. The zero-order valence-electron chi connectivity index (χ0n) is 7.51. The second-order valence-corrected chi connectivity index (χ2v) is 2.62. The highest BCUT2D eigenvalue weighted by atomic mass is 19.1. The Bertz CT molecular complexity index is 302. The van der Waals surface area contributed by atoms with Crippen LogP contribution in [0.5, 0.6) is 5.75 Å². The van der Waals surface area contributed by atoms with Crippen LogP contribution in [-0.2, 0) is 6.54 Å². The monoisotopic (exact) mass is 184 g/mol. The molecule has 0 aliphatic carbocycles. The van der Waals surface area contributed by atoms with E-state index < -0.39 is 5.82 Å². The molecule has 0 fully saturated rings. The number of rotatable bonds is 3. The lowest BCUT2D eigenvalue weighted by Gasteiger charge is -2.08. The molecule has 3 nitrogen and oxygen atoms in total. The van der Waals surface area contributed by atoms with E-state index in [1.165, 1.54) is 12.1 Å². The van der Waals surface area contributed by atoms with Gasteiger partial charge in [0.1, 0.15) is 0 Å². The first-order valence-corrected chi connectivity index (χ1v) is 4.09. The molecular weight excluding hydrogens is 171 g/mol. The van der Waals surface area contributed by atoms with Crippen molar-refractivity contribution in [3.05, 3.63) is 23.5 Å². The minimum absolute atomic E-state index is 0.206. The highest BCUT2D eigenvalue weighted by molar-refractivity contribution is 5.51. The molecule has 0 saturated carbocycles. The first kappa shape index (κ1) is 9.80. The van der Waals surface area contributed by atoms with Gasteiger partial charge >= 0.3 is 0 Å². The predicted octanol–water partition coefficient (Wildman–Crippen LogP) is 1.27. The van der Waals surface area contributed by atoms with Crippen LogP contribution in [0.1, 0.15) is 12.5 Å². The quantitative estimate of drug-likeness (QED) is 0.695. The van der Waals surface area contributed by atoms with Crippen LogP contribution < -0.4 is 16.2 Å². The number of hydrogen-bond acceptors (Lipinski definition) is 3. The van der Waals surface area contributed by atoms with Crippen molar-refractivity contribution in [3.63, 3.8) is 0 Å². The lowest BCUT2D eigenvalue weighted by molar-refractivity contribution is 0.321. The number of hydrogen-bond donors (Lipinski definition) is 2. The summed E-state index contributed by atoms with van der Waals surface area (Å²) in [5, 5.41) is 0. The summed E-state index contributed by atoms with van der Waals surface area (Å²) in [4.78, 5) is 0. The summed E-state index contributed by atoms with van der Waals surface area (Å²) in [6.07, 6.45) is 0. The van der Waals surface area contributed by atoms with Gasteiger partial charge in [0.2, 0.25) is 0 Å². The van der Waals surface area contributed by atoms with Crippen molar-refractivity contribution in [1.29, 1.82) is 0 Å². The van der Waals surface area contributed by atoms with Gasteiger partial charge in [-0.05, 0) is 18.6 Å². The molecule has 4 heteroatoms. The second kappa shape index (κ2) is 4.09. The van der Waals surface area contributed by atoms with Crippen LogP contribution in [0.2, 0.25) is 0 Å². The van der Waals surface area contributed by atoms with Gasteiger partial charge in [0.25, 0.3) is 0 Å². The molecular formula is C9H13FN2O. The Hall–Kier alpha value is -1.29.